The van der Waals surface area contributed by atoms with Gasteiger partial charge >= 0.3 is 0 Å². The first kappa shape index (κ1) is 17.2. The van der Waals surface area contributed by atoms with E-state index in [4.69, 9.17) is 4.74 Å². The van der Waals surface area contributed by atoms with E-state index in [1.165, 1.54) is 16.7 Å². The van der Waals surface area contributed by atoms with E-state index in [0.29, 0.717) is 0 Å². The molecule has 0 unspecified atom stereocenters. The maximum Gasteiger partial charge on any atom is 0.0591 e. The average molecular weight is 277 g/mol. The Hall–Kier alpha value is -0.860. The van der Waals surface area contributed by atoms with Crippen LogP contribution in [0.15, 0.2) is 18.2 Å². The van der Waals surface area contributed by atoms with E-state index >= 15 is 0 Å². The molecule has 114 valence electrons. The van der Waals surface area contributed by atoms with E-state index in [0.717, 1.165) is 39.0 Å². The summed E-state index contributed by atoms with van der Waals surface area (Å²) in [4.78, 5) is 0. The molecule has 0 radical (unpaired) electrons. The lowest BCUT2D eigenvalue weighted by Gasteiger charge is -2.20. The lowest BCUT2D eigenvalue weighted by molar-refractivity contribution is 0.133. The second-order valence-corrected chi connectivity index (χ2v) is 6.35. The summed E-state index contributed by atoms with van der Waals surface area (Å²) in [5.74, 6) is 0. The van der Waals surface area contributed by atoms with Crippen LogP contribution in [0.25, 0.3) is 0 Å². The first-order chi connectivity index (χ1) is 9.46. The van der Waals surface area contributed by atoms with Crippen molar-refractivity contribution in [2.75, 3.05) is 19.8 Å². The zero-order chi connectivity index (χ0) is 15.0. The molecular formula is C18H31NO. The lowest BCUT2D eigenvalue weighted by Crippen LogP contribution is -2.38. The molecule has 0 aliphatic rings. The molecule has 1 aromatic carbocycles. The number of benzene rings is 1. The molecule has 0 aliphatic heterocycles. The molecule has 0 saturated heterocycles. The van der Waals surface area contributed by atoms with Gasteiger partial charge in [0.2, 0.25) is 0 Å². The Morgan fingerprint density at radius 2 is 1.70 bits per heavy atom. The summed E-state index contributed by atoms with van der Waals surface area (Å²) >= 11 is 0. The van der Waals surface area contributed by atoms with E-state index in [1.54, 1.807) is 0 Å². The van der Waals surface area contributed by atoms with Crippen LogP contribution >= 0.6 is 0 Å². The minimum atomic E-state index is 0.176. The molecule has 0 amide bonds. The summed E-state index contributed by atoms with van der Waals surface area (Å²) in [6.07, 6.45) is 3.25. The number of hydrogen-bond acceptors (Lipinski definition) is 2. The van der Waals surface area contributed by atoms with E-state index in [9.17, 15) is 0 Å². The topological polar surface area (TPSA) is 21.3 Å². The van der Waals surface area contributed by atoms with Crippen LogP contribution in [0.5, 0.6) is 0 Å². The van der Waals surface area contributed by atoms with Crippen LogP contribution < -0.4 is 5.32 Å². The predicted octanol–water partition coefficient (Wildman–Crippen LogP) is 3.76. The largest absolute Gasteiger partial charge is 0.380 e. The fraction of sp³-hybridized carbons (Fsp3) is 0.667. The molecule has 1 aromatic rings. The third-order valence-electron chi connectivity index (χ3n) is 3.47. The molecule has 0 aliphatic carbocycles. The van der Waals surface area contributed by atoms with Crippen molar-refractivity contribution >= 4 is 0 Å². The van der Waals surface area contributed by atoms with Gasteiger partial charge in [0.05, 0.1) is 13.2 Å². The lowest BCUT2D eigenvalue weighted by atomic mass is 9.99. The molecule has 20 heavy (non-hydrogen) atoms. The predicted molar refractivity (Wildman–Crippen MR) is 87.5 cm³/mol. The molecule has 1 N–H and O–H groups in total. The molecule has 0 heterocycles. The van der Waals surface area contributed by atoms with Gasteiger partial charge in [-0.3, -0.25) is 0 Å². The smallest absolute Gasteiger partial charge is 0.0591 e. The van der Waals surface area contributed by atoms with Gasteiger partial charge in [0.1, 0.15) is 0 Å². The van der Waals surface area contributed by atoms with E-state index in [1.807, 2.05) is 0 Å². The second-order valence-electron chi connectivity index (χ2n) is 6.35. The molecule has 0 spiro atoms. The number of hydrogen-bond donors (Lipinski definition) is 1. The van der Waals surface area contributed by atoms with Gasteiger partial charge in [-0.2, -0.15) is 0 Å². The second kappa shape index (κ2) is 8.43. The SMILES string of the molecule is CCc1ccc(CCOCCNC(C)(C)C)cc1CC. The van der Waals surface area contributed by atoms with Gasteiger partial charge < -0.3 is 10.1 Å². The summed E-state index contributed by atoms with van der Waals surface area (Å²) in [6, 6.07) is 6.86. The zero-order valence-corrected chi connectivity index (χ0v) is 13.9. The Morgan fingerprint density at radius 3 is 2.30 bits per heavy atom. The van der Waals surface area contributed by atoms with Crippen molar-refractivity contribution < 1.29 is 4.74 Å². The van der Waals surface area contributed by atoms with E-state index in [2.05, 4.69) is 58.1 Å². The minimum absolute atomic E-state index is 0.176. The summed E-state index contributed by atoms with van der Waals surface area (Å²) in [5, 5.41) is 3.43. The Balaban J connectivity index is 2.28. The van der Waals surface area contributed by atoms with Crippen LogP contribution in [0.2, 0.25) is 0 Å². The van der Waals surface area contributed by atoms with Crippen molar-refractivity contribution in [2.45, 2.75) is 59.4 Å². The van der Waals surface area contributed by atoms with Gasteiger partial charge in [0, 0.05) is 12.1 Å². The van der Waals surface area contributed by atoms with Gasteiger partial charge in [0.15, 0.2) is 0 Å². The highest BCUT2D eigenvalue weighted by atomic mass is 16.5. The summed E-state index contributed by atoms with van der Waals surface area (Å²) < 4.78 is 5.70. The van der Waals surface area contributed by atoms with Crippen LogP contribution in [-0.2, 0) is 24.0 Å². The molecular weight excluding hydrogens is 246 g/mol. The number of nitrogens with one attached hydrogen (secondary N) is 1. The molecule has 2 nitrogen and oxygen atoms in total. The third kappa shape index (κ3) is 6.53. The fourth-order valence-electron chi connectivity index (χ4n) is 2.30. The third-order valence-corrected chi connectivity index (χ3v) is 3.47. The molecule has 0 aromatic heterocycles. The maximum atomic E-state index is 5.70. The minimum Gasteiger partial charge on any atom is -0.380 e. The Bertz CT molecular complexity index is 393. The number of aryl methyl sites for hydroxylation is 2. The van der Waals surface area contributed by atoms with Crippen molar-refractivity contribution in [3.05, 3.63) is 34.9 Å². The van der Waals surface area contributed by atoms with Crippen molar-refractivity contribution in [1.29, 1.82) is 0 Å². The first-order valence-corrected chi connectivity index (χ1v) is 7.89. The zero-order valence-electron chi connectivity index (χ0n) is 13.9. The van der Waals surface area contributed by atoms with E-state index < -0.39 is 0 Å². The summed E-state index contributed by atoms with van der Waals surface area (Å²) in [5.41, 5.74) is 4.53. The molecule has 0 fully saturated rings. The Morgan fingerprint density at radius 1 is 1.00 bits per heavy atom. The van der Waals surface area contributed by atoms with Crippen LogP contribution in [-0.4, -0.2) is 25.3 Å². The first-order valence-electron chi connectivity index (χ1n) is 7.89. The normalized spacial score (nSPS) is 11.8. The van der Waals surface area contributed by atoms with Gasteiger partial charge in [0.25, 0.3) is 0 Å². The van der Waals surface area contributed by atoms with Gasteiger partial charge in [-0.15, -0.1) is 0 Å². The number of ether oxygens (including phenoxy) is 1. The van der Waals surface area contributed by atoms with Gasteiger partial charge in [-0.25, -0.2) is 0 Å². The highest BCUT2D eigenvalue weighted by Crippen LogP contribution is 2.14. The van der Waals surface area contributed by atoms with E-state index in [-0.39, 0.29) is 5.54 Å². The molecule has 0 bridgehead atoms. The van der Waals surface area contributed by atoms with Crippen molar-refractivity contribution in [3.8, 4) is 0 Å². The van der Waals surface area contributed by atoms with Crippen molar-refractivity contribution in [1.82, 2.24) is 5.32 Å². The molecule has 2 heteroatoms. The van der Waals surface area contributed by atoms with Crippen molar-refractivity contribution in [2.24, 2.45) is 0 Å². The molecule has 0 saturated carbocycles. The van der Waals surface area contributed by atoms with Gasteiger partial charge in [-0.1, -0.05) is 32.0 Å². The standard InChI is InChI=1S/C18H31NO/c1-6-16-9-8-15(14-17(16)7-2)10-12-20-13-11-19-18(3,4)5/h8-9,14,19H,6-7,10-13H2,1-5H3. The van der Waals surface area contributed by atoms with Crippen LogP contribution in [0.1, 0.15) is 51.3 Å². The van der Waals surface area contributed by atoms with Crippen LogP contribution in [0, 0.1) is 0 Å². The highest BCUT2D eigenvalue weighted by molar-refractivity contribution is 5.32. The Labute approximate surface area is 124 Å². The highest BCUT2D eigenvalue weighted by Gasteiger charge is 2.07. The monoisotopic (exact) mass is 277 g/mol. The van der Waals surface area contributed by atoms with Crippen LogP contribution in [0.4, 0.5) is 0 Å². The fourth-order valence-corrected chi connectivity index (χ4v) is 2.30. The van der Waals surface area contributed by atoms with Crippen molar-refractivity contribution in [3.63, 3.8) is 0 Å². The average Bonchev–Trinajstić information content (AvgIpc) is 2.41. The van der Waals surface area contributed by atoms with Crippen LogP contribution in [0.3, 0.4) is 0 Å². The Kier molecular flexibility index (Phi) is 7.25. The summed E-state index contributed by atoms with van der Waals surface area (Å²) in [7, 11) is 0. The van der Waals surface area contributed by atoms with Gasteiger partial charge in [-0.05, 0) is 56.7 Å². The maximum absolute atomic E-state index is 5.70. The number of rotatable bonds is 8. The quantitative estimate of drug-likeness (QED) is 0.731. The molecule has 0 atom stereocenters. The summed E-state index contributed by atoms with van der Waals surface area (Å²) in [6.45, 7) is 13.5. The molecule has 1 rings (SSSR count).